The van der Waals surface area contributed by atoms with E-state index in [0.717, 1.165) is 5.56 Å². The third kappa shape index (κ3) is 5.76. The van der Waals surface area contributed by atoms with Crippen molar-refractivity contribution in [3.63, 3.8) is 0 Å². The third-order valence-corrected chi connectivity index (χ3v) is 3.50. The molecule has 0 amide bonds. The Balaban J connectivity index is 2.12. The Morgan fingerprint density at radius 3 is 2.16 bits per heavy atom. The molecule has 0 saturated carbocycles. The van der Waals surface area contributed by atoms with Crippen LogP contribution in [0.2, 0.25) is 0 Å². The van der Waals surface area contributed by atoms with Gasteiger partial charge in [-0.25, -0.2) is 4.79 Å². The highest BCUT2D eigenvalue weighted by Gasteiger charge is 2.43. The zero-order valence-corrected chi connectivity index (χ0v) is 13.3. The number of carbonyl (C=O) groups is 1. The Labute approximate surface area is 143 Å². The molecule has 2 N–H and O–H groups in total. The summed E-state index contributed by atoms with van der Waals surface area (Å²) in [7, 11) is 0. The number of rotatable bonds is 6. The molecule has 2 aromatic rings. The predicted octanol–water partition coefficient (Wildman–Crippen LogP) is 3.96. The van der Waals surface area contributed by atoms with Gasteiger partial charge >= 0.3 is 12.1 Å². The van der Waals surface area contributed by atoms with Crippen molar-refractivity contribution in [2.24, 2.45) is 5.73 Å². The maximum atomic E-state index is 12.5. The van der Waals surface area contributed by atoms with Crippen LogP contribution in [0.4, 0.5) is 13.2 Å². The summed E-state index contributed by atoms with van der Waals surface area (Å²) in [6, 6.07) is 16.7. The number of allylic oxidation sites excluding steroid dienone is 1. The summed E-state index contributed by atoms with van der Waals surface area (Å²) in [5.41, 5.74) is 7.41. The van der Waals surface area contributed by atoms with Gasteiger partial charge in [0.2, 0.25) is 0 Å². The van der Waals surface area contributed by atoms with Gasteiger partial charge in [0.25, 0.3) is 0 Å². The molecular weight excluding hydrogens is 331 g/mol. The highest BCUT2D eigenvalue weighted by Crippen LogP contribution is 2.26. The van der Waals surface area contributed by atoms with Crippen molar-refractivity contribution in [3.8, 4) is 0 Å². The first kappa shape index (κ1) is 18.7. The molecule has 0 saturated heterocycles. The first-order valence-electron chi connectivity index (χ1n) is 7.67. The lowest BCUT2D eigenvalue weighted by Gasteiger charge is -2.23. The number of benzene rings is 2. The molecule has 0 bridgehead atoms. The number of nitrogens with two attached hydrogens (primary N) is 1. The average molecular weight is 349 g/mol. The predicted molar refractivity (Wildman–Crippen MR) is 88.6 cm³/mol. The van der Waals surface area contributed by atoms with Crippen LogP contribution in [0.25, 0.3) is 0 Å². The van der Waals surface area contributed by atoms with Crippen molar-refractivity contribution in [2.75, 3.05) is 0 Å². The van der Waals surface area contributed by atoms with E-state index in [1.54, 1.807) is 42.5 Å². The average Bonchev–Trinajstić information content (AvgIpc) is 2.60. The maximum Gasteiger partial charge on any atom is 0.490 e. The summed E-state index contributed by atoms with van der Waals surface area (Å²) in [6.45, 7) is 0. The fourth-order valence-corrected chi connectivity index (χ4v) is 2.27. The molecule has 0 heterocycles. The summed E-state index contributed by atoms with van der Waals surface area (Å²) in [5.74, 6) is -2.26. The number of carbonyl (C=O) groups excluding carboxylic acids is 1. The van der Waals surface area contributed by atoms with Gasteiger partial charge in [-0.3, -0.25) is 0 Å². The molecule has 1 unspecified atom stereocenters. The van der Waals surface area contributed by atoms with Crippen molar-refractivity contribution < 1.29 is 22.7 Å². The quantitative estimate of drug-likeness (QED) is 0.634. The second-order valence-electron chi connectivity index (χ2n) is 5.43. The van der Waals surface area contributed by atoms with E-state index in [0.29, 0.717) is 12.0 Å². The van der Waals surface area contributed by atoms with E-state index in [1.807, 2.05) is 30.3 Å². The molecule has 0 aliphatic rings. The minimum atomic E-state index is -5.07. The van der Waals surface area contributed by atoms with Crippen molar-refractivity contribution in [1.29, 1.82) is 0 Å². The van der Waals surface area contributed by atoms with Crippen LogP contribution in [0.1, 0.15) is 17.2 Å². The summed E-state index contributed by atoms with van der Waals surface area (Å²) in [6.07, 6.45) is -2.42. The van der Waals surface area contributed by atoms with E-state index in [1.165, 1.54) is 0 Å². The molecule has 25 heavy (non-hydrogen) atoms. The van der Waals surface area contributed by atoms with Crippen molar-refractivity contribution in [3.05, 3.63) is 83.9 Å². The molecule has 132 valence electrons. The normalized spacial score (nSPS) is 14.2. The Morgan fingerprint density at radius 1 is 1.04 bits per heavy atom. The molecule has 2 rings (SSSR count). The lowest BCUT2D eigenvalue weighted by molar-refractivity contribution is -0.205. The monoisotopic (exact) mass is 349 g/mol. The lowest BCUT2D eigenvalue weighted by atomic mass is 10.0. The minimum absolute atomic E-state index is 0.400. The summed E-state index contributed by atoms with van der Waals surface area (Å²) in [5, 5.41) is 0. The number of halogens is 3. The summed E-state index contributed by atoms with van der Waals surface area (Å²) < 4.78 is 42.2. The van der Waals surface area contributed by atoms with Crippen molar-refractivity contribution in [2.45, 2.75) is 24.7 Å². The first-order chi connectivity index (χ1) is 11.9. The van der Waals surface area contributed by atoms with Crippen molar-refractivity contribution >= 4 is 5.97 Å². The van der Waals surface area contributed by atoms with Crippen LogP contribution in [0.5, 0.6) is 0 Å². The summed E-state index contributed by atoms with van der Waals surface area (Å²) >= 11 is 0. The lowest BCUT2D eigenvalue weighted by Crippen LogP contribution is -2.34. The molecule has 2 aromatic carbocycles. The Hall–Kier alpha value is -2.60. The standard InChI is InChI=1S/C19H18F3NO2/c20-19(21,22)18(24)25-17(15-11-5-2-6-12-15)16(23)13-7-10-14-8-3-1-4-9-14/h1-9,11-13,16-17H,10,23H2/b13-7-/t16-,17?/m1/s1. The molecule has 6 heteroatoms. The highest BCUT2D eigenvalue weighted by molar-refractivity contribution is 5.76. The van der Waals surface area contributed by atoms with E-state index in [-0.39, 0.29) is 0 Å². The molecule has 0 spiro atoms. The van der Waals surface area contributed by atoms with Crippen LogP contribution >= 0.6 is 0 Å². The van der Waals surface area contributed by atoms with Gasteiger partial charge in [0, 0.05) is 0 Å². The highest BCUT2D eigenvalue weighted by atomic mass is 19.4. The fourth-order valence-electron chi connectivity index (χ4n) is 2.27. The number of esters is 1. The van der Waals surface area contributed by atoms with Crippen LogP contribution in [-0.4, -0.2) is 18.2 Å². The van der Waals surface area contributed by atoms with E-state index in [2.05, 4.69) is 4.74 Å². The van der Waals surface area contributed by atoms with Gasteiger partial charge in [-0.1, -0.05) is 72.8 Å². The SMILES string of the molecule is N[C@H](/C=C\Cc1ccccc1)C(OC(=O)C(F)(F)F)c1ccccc1. The molecule has 0 aromatic heterocycles. The third-order valence-electron chi connectivity index (χ3n) is 3.50. The zero-order valence-electron chi connectivity index (χ0n) is 13.3. The van der Waals surface area contributed by atoms with Gasteiger partial charge in [-0.15, -0.1) is 0 Å². The largest absolute Gasteiger partial charge is 0.490 e. The topological polar surface area (TPSA) is 52.3 Å². The van der Waals surface area contributed by atoms with E-state index >= 15 is 0 Å². The molecule has 3 nitrogen and oxygen atoms in total. The van der Waals surface area contributed by atoms with Crippen LogP contribution < -0.4 is 5.73 Å². The fraction of sp³-hybridized carbons (Fsp3) is 0.211. The maximum absolute atomic E-state index is 12.5. The second kappa shape index (κ2) is 8.48. The smallest absolute Gasteiger partial charge is 0.449 e. The van der Waals surface area contributed by atoms with E-state index < -0.39 is 24.3 Å². The van der Waals surface area contributed by atoms with Gasteiger partial charge < -0.3 is 10.5 Å². The Bertz CT molecular complexity index is 700. The second-order valence-corrected chi connectivity index (χ2v) is 5.43. The van der Waals surface area contributed by atoms with Crippen LogP contribution in [0.3, 0.4) is 0 Å². The van der Waals surface area contributed by atoms with Gasteiger partial charge in [0.05, 0.1) is 6.04 Å². The molecule has 0 aliphatic heterocycles. The number of alkyl halides is 3. The van der Waals surface area contributed by atoms with Gasteiger partial charge in [0.15, 0.2) is 0 Å². The number of hydrogen-bond donors (Lipinski definition) is 1. The van der Waals surface area contributed by atoms with Crippen molar-refractivity contribution in [1.82, 2.24) is 0 Å². The zero-order chi connectivity index (χ0) is 18.3. The van der Waals surface area contributed by atoms with Crippen LogP contribution in [0.15, 0.2) is 72.8 Å². The van der Waals surface area contributed by atoms with Gasteiger partial charge in [-0.2, -0.15) is 13.2 Å². The van der Waals surface area contributed by atoms with E-state index in [4.69, 9.17) is 5.73 Å². The van der Waals surface area contributed by atoms with Crippen LogP contribution in [0, 0.1) is 0 Å². The number of ether oxygens (including phenoxy) is 1. The molecule has 0 radical (unpaired) electrons. The minimum Gasteiger partial charge on any atom is -0.449 e. The molecule has 0 fully saturated rings. The van der Waals surface area contributed by atoms with Gasteiger partial charge in [0.1, 0.15) is 6.10 Å². The molecular formula is C19H18F3NO2. The molecule has 2 atom stereocenters. The molecule has 0 aliphatic carbocycles. The van der Waals surface area contributed by atoms with Crippen LogP contribution in [-0.2, 0) is 16.0 Å². The van der Waals surface area contributed by atoms with E-state index in [9.17, 15) is 18.0 Å². The number of hydrogen-bond acceptors (Lipinski definition) is 3. The Morgan fingerprint density at radius 2 is 1.60 bits per heavy atom. The first-order valence-corrected chi connectivity index (χ1v) is 7.67. The Kier molecular flexibility index (Phi) is 6.36. The summed E-state index contributed by atoms with van der Waals surface area (Å²) in [4.78, 5) is 11.2. The van der Waals surface area contributed by atoms with Gasteiger partial charge in [-0.05, 0) is 17.5 Å².